The lowest BCUT2D eigenvalue weighted by molar-refractivity contribution is -0.159. The maximum Gasteiger partial charge on any atom is 0.356 e. The van der Waals surface area contributed by atoms with Crippen LogP contribution in [0.15, 0.2) is 35.5 Å². The maximum atomic E-state index is 13.0. The fourth-order valence-electron chi connectivity index (χ4n) is 3.42. The molecule has 0 aliphatic carbocycles. The van der Waals surface area contributed by atoms with Gasteiger partial charge < -0.3 is 14.8 Å². The van der Waals surface area contributed by atoms with Gasteiger partial charge in [0, 0.05) is 5.75 Å². The second-order valence-corrected chi connectivity index (χ2v) is 9.55. The molecule has 2 aliphatic rings. The van der Waals surface area contributed by atoms with Crippen LogP contribution >= 0.6 is 11.8 Å². The molecule has 0 aromatic heterocycles. The second-order valence-electron chi connectivity index (χ2n) is 8.44. The lowest BCUT2D eigenvalue weighted by atomic mass is 10.0. The van der Waals surface area contributed by atoms with E-state index in [1.807, 2.05) is 0 Å². The van der Waals surface area contributed by atoms with Crippen molar-refractivity contribution in [3.63, 3.8) is 0 Å². The SMILES string of the molecule is CONC(=O)C1=C(C(=O)OC(C)(C)C)N2C(=O)C(NC(=O)Cc3ccc(OC)cc3)[C@H]2SC1. The van der Waals surface area contributed by atoms with Gasteiger partial charge in [-0.1, -0.05) is 12.1 Å². The Morgan fingerprint density at radius 3 is 2.39 bits per heavy atom. The van der Waals surface area contributed by atoms with Gasteiger partial charge in [-0.2, -0.15) is 0 Å². The van der Waals surface area contributed by atoms with Crippen LogP contribution in [0, 0.1) is 0 Å². The Labute approximate surface area is 195 Å². The zero-order valence-corrected chi connectivity index (χ0v) is 19.9. The first-order chi connectivity index (χ1) is 15.6. The first kappa shape index (κ1) is 24.6. The monoisotopic (exact) mass is 477 g/mol. The molecule has 0 saturated carbocycles. The highest BCUT2D eigenvalue weighted by molar-refractivity contribution is 8.00. The van der Waals surface area contributed by atoms with Crippen LogP contribution in [0.4, 0.5) is 0 Å². The Hall–Kier alpha value is -3.05. The van der Waals surface area contributed by atoms with Gasteiger partial charge in [0.05, 0.1) is 26.2 Å². The smallest absolute Gasteiger partial charge is 0.356 e. The number of amides is 3. The molecule has 178 valence electrons. The molecule has 2 atom stereocenters. The molecule has 2 N–H and O–H groups in total. The summed E-state index contributed by atoms with van der Waals surface area (Å²) in [5, 5.41) is 2.21. The fraction of sp³-hybridized carbons (Fsp3) is 0.455. The number of hydrogen-bond donors (Lipinski definition) is 2. The zero-order chi connectivity index (χ0) is 24.3. The van der Waals surface area contributed by atoms with Crippen LogP contribution in [0.3, 0.4) is 0 Å². The predicted octanol–water partition coefficient (Wildman–Crippen LogP) is 0.911. The van der Waals surface area contributed by atoms with E-state index in [2.05, 4.69) is 15.6 Å². The number of nitrogens with one attached hydrogen (secondary N) is 2. The van der Waals surface area contributed by atoms with Crippen LogP contribution in [0.1, 0.15) is 26.3 Å². The van der Waals surface area contributed by atoms with E-state index in [4.69, 9.17) is 9.47 Å². The van der Waals surface area contributed by atoms with Crippen molar-refractivity contribution in [3.8, 4) is 5.75 Å². The average molecular weight is 478 g/mol. The lowest BCUT2D eigenvalue weighted by Crippen LogP contribution is -2.71. The number of β-lactam (4-membered cyclic amide) rings is 1. The Bertz CT molecular complexity index is 985. The Morgan fingerprint density at radius 2 is 1.82 bits per heavy atom. The summed E-state index contributed by atoms with van der Waals surface area (Å²) in [5.41, 5.74) is 2.06. The van der Waals surface area contributed by atoms with Gasteiger partial charge in [0.2, 0.25) is 5.91 Å². The van der Waals surface area contributed by atoms with Gasteiger partial charge in [-0.05, 0) is 38.5 Å². The standard InChI is InChI=1S/C22H27N3O7S/c1-22(2,3)32-21(29)17-14(18(27)24-31-5)11-33-20-16(19(28)25(17)20)23-15(26)10-12-6-8-13(30-4)9-7-12/h6-9,16,20H,10-11H2,1-5H3,(H,23,26)(H,24,27)/t16?,20-/m1/s1. The number of carbonyl (C=O) groups excluding carboxylic acids is 4. The molecule has 1 aromatic rings. The molecular weight excluding hydrogens is 450 g/mol. The van der Waals surface area contributed by atoms with Crippen LogP contribution < -0.4 is 15.5 Å². The summed E-state index contributed by atoms with van der Waals surface area (Å²) in [6, 6.07) is 6.23. The molecule has 1 saturated heterocycles. The second kappa shape index (κ2) is 9.84. The summed E-state index contributed by atoms with van der Waals surface area (Å²) in [4.78, 5) is 56.7. The molecule has 1 aromatic carbocycles. The number of fused-ring (bicyclic) bond motifs is 1. The van der Waals surface area contributed by atoms with Crippen molar-refractivity contribution in [3.05, 3.63) is 41.1 Å². The van der Waals surface area contributed by atoms with Crippen LogP contribution in [0.2, 0.25) is 0 Å². The van der Waals surface area contributed by atoms with Crippen molar-refractivity contribution >= 4 is 35.5 Å². The topological polar surface area (TPSA) is 123 Å². The Kier molecular flexibility index (Phi) is 7.33. The number of thioether (sulfide) groups is 1. The highest BCUT2D eigenvalue weighted by Gasteiger charge is 2.55. The Balaban J connectivity index is 1.76. The van der Waals surface area contributed by atoms with E-state index in [1.165, 1.54) is 23.8 Å². The number of methoxy groups -OCH3 is 1. The summed E-state index contributed by atoms with van der Waals surface area (Å²) in [6.45, 7) is 5.07. The predicted molar refractivity (Wildman–Crippen MR) is 120 cm³/mol. The van der Waals surface area contributed by atoms with E-state index in [-0.39, 0.29) is 29.4 Å². The van der Waals surface area contributed by atoms with Crippen LogP contribution in [-0.4, -0.2) is 65.6 Å². The zero-order valence-electron chi connectivity index (χ0n) is 19.1. The third-order valence-corrected chi connectivity index (χ3v) is 6.15. The minimum Gasteiger partial charge on any atom is -0.497 e. The normalized spacial score (nSPS) is 19.9. The summed E-state index contributed by atoms with van der Waals surface area (Å²) < 4.78 is 10.5. The van der Waals surface area contributed by atoms with Gasteiger partial charge in [-0.25, -0.2) is 10.3 Å². The number of rotatable bonds is 7. The van der Waals surface area contributed by atoms with E-state index in [0.29, 0.717) is 5.75 Å². The molecule has 0 radical (unpaired) electrons. The van der Waals surface area contributed by atoms with E-state index >= 15 is 0 Å². The number of ether oxygens (including phenoxy) is 2. The molecular formula is C22H27N3O7S. The lowest BCUT2D eigenvalue weighted by Gasteiger charge is -2.49. The van der Waals surface area contributed by atoms with Gasteiger partial charge in [0.1, 0.15) is 28.5 Å². The molecule has 11 heteroatoms. The van der Waals surface area contributed by atoms with Crippen molar-refractivity contribution in [2.75, 3.05) is 20.0 Å². The van der Waals surface area contributed by atoms with Crippen LogP contribution in [0.5, 0.6) is 5.75 Å². The van der Waals surface area contributed by atoms with Gasteiger partial charge in [0.25, 0.3) is 11.8 Å². The molecule has 2 aliphatic heterocycles. The van der Waals surface area contributed by atoms with E-state index in [9.17, 15) is 19.2 Å². The summed E-state index contributed by atoms with van der Waals surface area (Å²) in [7, 11) is 2.83. The number of hydrogen-bond acceptors (Lipinski definition) is 8. The molecule has 3 amide bonds. The highest BCUT2D eigenvalue weighted by atomic mass is 32.2. The van der Waals surface area contributed by atoms with Crippen molar-refractivity contribution in [2.24, 2.45) is 0 Å². The highest BCUT2D eigenvalue weighted by Crippen LogP contribution is 2.41. The minimum atomic E-state index is -0.826. The number of hydroxylamine groups is 1. The molecule has 1 unspecified atom stereocenters. The van der Waals surface area contributed by atoms with Crippen LogP contribution in [0.25, 0.3) is 0 Å². The van der Waals surface area contributed by atoms with Crippen molar-refractivity contribution in [1.82, 2.24) is 15.7 Å². The molecule has 33 heavy (non-hydrogen) atoms. The first-order valence-corrected chi connectivity index (χ1v) is 11.3. The largest absolute Gasteiger partial charge is 0.497 e. The van der Waals surface area contributed by atoms with Gasteiger partial charge in [-0.15, -0.1) is 11.8 Å². The van der Waals surface area contributed by atoms with Crippen LogP contribution in [-0.2, 0) is 35.2 Å². The number of carbonyl (C=O) groups is 4. The third kappa shape index (κ3) is 5.48. The molecule has 0 bridgehead atoms. The first-order valence-electron chi connectivity index (χ1n) is 10.2. The third-order valence-electron chi connectivity index (χ3n) is 4.87. The van der Waals surface area contributed by atoms with E-state index < -0.39 is 34.8 Å². The minimum absolute atomic E-state index is 0.0729. The summed E-state index contributed by atoms with van der Waals surface area (Å²) in [5.74, 6) is -1.42. The molecule has 10 nitrogen and oxygen atoms in total. The van der Waals surface area contributed by atoms with Gasteiger partial charge >= 0.3 is 5.97 Å². The average Bonchev–Trinajstić information content (AvgIpc) is 2.75. The molecule has 3 rings (SSSR count). The fourth-order valence-corrected chi connectivity index (χ4v) is 4.76. The Morgan fingerprint density at radius 1 is 1.15 bits per heavy atom. The van der Waals surface area contributed by atoms with Gasteiger partial charge in [-0.3, -0.25) is 24.1 Å². The quantitative estimate of drug-likeness (QED) is 0.338. The molecule has 0 spiro atoms. The van der Waals surface area contributed by atoms with E-state index in [1.54, 1.807) is 52.1 Å². The summed E-state index contributed by atoms with van der Waals surface area (Å²) >= 11 is 1.27. The van der Waals surface area contributed by atoms with Crippen molar-refractivity contribution in [2.45, 2.75) is 44.2 Å². The summed E-state index contributed by atoms with van der Waals surface area (Å²) in [6.07, 6.45) is 0.0847. The van der Waals surface area contributed by atoms with Crippen molar-refractivity contribution in [1.29, 1.82) is 0 Å². The van der Waals surface area contributed by atoms with Crippen molar-refractivity contribution < 1.29 is 33.5 Å². The molecule has 2 heterocycles. The number of benzene rings is 1. The number of esters is 1. The number of nitrogens with zero attached hydrogens (tertiary/aromatic N) is 1. The maximum absolute atomic E-state index is 13.0. The van der Waals surface area contributed by atoms with Gasteiger partial charge in [0.15, 0.2) is 0 Å². The van der Waals surface area contributed by atoms with E-state index in [0.717, 1.165) is 5.56 Å². The molecule has 1 fully saturated rings.